The number of aryl methyl sites for hydroxylation is 1. The van der Waals surface area contributed by atoms with Gasteiger partial charge in [0.25, 0.3) is 0 Å². The van der Waals surface area contributed by atoms with Crippen LogP contribution in [0.15, 0.2) is 54.6 Å². The van der Waals surface area contributed by atoms with Crippen molar-refractivity contribution in [1.29, 1.82) is 5.26 Å². The average Bonchev–Trinajstić information content (AvgIpc) is 2.79. The molecule has 2 N–H and O–H groups in total. The summed E-state index contributed by atoms with van der Waals surface area (Å²) in [5.41, 5.74) is 2.01. The Morgan fingerprint density at radius 2 is 1.85 bits per heavy atom. The predicted octanol–water partition coefficient (Wildman–Crippen LogP) is 5.97. The summed E-state index contributed by atoms with van der Waals surface area (Å²) in [5.74, 6) is -3.50. The molecule has 0 atom stereocenters. The van der Waals surface area contributed by atoms with Gasteiger partial charge < -0.3 is 15.2 Å². The molecule has 0 aliphatic carbocycles. The number of halogens is 4. The van der Waals surface area contributed by atoms with Crippen molar-refractivity contribution in [2.45, 2.75) is 19.7 Å². The highest BCUT2D eigenvalue weighted by atomic mass is 35.5. The van der Waals surface area contributed by atoms with Crippen molar-refractivity contribution in [2.24, 2.45) is 0 Å². The highest BCUT2D eigenvalue weighted by molar-refractivity contribution is 6.31. The molecule has 6 nitrogen and oxygen atoms in total. The molecule has 0 bridgehead atoms. The minimum atomic E-state index is -5.10. The molecule has 0 unspecified atom stereocenters. The molecule has 0 fully saturated rings. The van der Waals surface area contributed by atoms with E-state index in [-0.39, 0.29) is 28.6 Å². The van der Waals surface area contributed by atoms with Crippen molar-refractivity contribution >= 4 is 29.2 Å². The first kappa shape index (κ1) is 24.6. The number of nitriles is 1. The third-order valence-electron chi connectivity index (χ3n) is 4.73. The Labute approximate surface area is 197 Å². The number of carbonyl (C=O) groups is 2. The summed E-state index contributed by atoms with van der Waals surface area (Å²) >= 11 is 6.08. The van der Waals surface area contributed by atoms with Crippen LogP contribution in [-0.4, -0.2) is 23.2 Å². The molecule has 3 aromatic rings. The first-order chi connectivity index (χ1) is 16.0. The number of aromatic carboxylic acids is 1. The van der Waals surface area contributed by atoms with E-state index in [2.05, 4.69) is 0 Å². The van der Waals surface area contributed by atoms with Crippen molar-refractivity contribution in [1.82, 2.24) is 0 Å². The van der Waals surface area contributed by atoms with Gasteiger partial charge in [0, 0.05) is 11.1 Å². The first-order valence-corrected chi connectivity index (χ1v) is 10.0. The second-order valence-corrected chi connectivity index (χ2v) is 7.66. The van der Waals surface area contributed by atoms with Crippen molar-refractivity contribution in [3.8, 4) is 22.9 Å². The maximum absolute atomic E-state index is 12.7. The van der Waals surface area contributed by atoms with Crippen molar-refractivity contribution in [3.63, 3.8) is 0 Å². The number of carboxylic acids is 1. The van der Waals surface area contributed by atoms with E-state index < -0.39 is 18.1 Å². The minimum absolute atomic E-state index is 0.0500. The van der Waals surface area contributed by atoms with Crippen LogP contribution in [0.3, 0.4) is 0 Å². The van der Waals surface area contributed by atoms with Gasteiger partial charge in [0.05, 0.1) is 22.9 Å². The van der Waals surface area contributed by atoms with Gasteiger partial charge in [0.1, 0.15) is 12.4 Å². The number of amides is 1. The SMILES string of the molecule is Cc1cc(NC(=O)C(F)(F)F)c(OCc2cc(C(=O)O)cc(-c3cccc(C#N)c3)c2)cc1Cl. The zero-order valence-corrected chi connectivity index (χ0v) is 18.3. The molecule has 0 heterocycles. The fraction of sp³-hybridized carbons (Fsp3) is 0.125. The lowest BCUT2D eigenvalue weighted by atomic mass is 9.98. The van der Waals surface area contributed by atoms with Gasteiger partial charge in [0.2, 0.25) is 0 Å². The van der Waals surface area contributed by atoms with E-state index in [1.807, 2.05) is 6.07 Å². The highest BCUT2D eigenvalue weighted by Crippen LogP contribution is 2.33. The van der Waals surface area contributed by atoms with Crippen LogP contribution in [0.2, 0.25) is 5.02 Å². The van der Waals surface area contributed by atoms with E-state index in [1.54, 1.807) is 42.6 Å². The Morgan fingerprint density at radius 1 is 1.12 bits per heavy atom. The molecule has 3 rings (SSSR count). The van der Waals surface area contributed by atoms with Gasteiger partial charge in [0.15, 0.2) is 0 Å². The number of alkyl halides is 3. The van der Waals surface area contributed by atoms with E-state index in [9.17, 15) is 27.9 Å². The molecule has 0 saturated carbocycles. The van der Waals surface area contributed by atoms with Crippen LogP contribution < -0.4 is 10.1 Å². The van der Waals surface area contributed by atoms with E-state index in [0.29, 0.717) is 27.8 Å². The zero-order chi connectivity index (χ0) is 25.0. The number of benzene rings is 3. The number of carbonyl (C=O) groups excluding carboxylic acids is 1. The normalized spacial score (nSPS) is 10.9. The summed E-state index contributed by atoms with van der Waals surface area (Å²) in [6, 6.07) is 15.5. The topological polar surface area (TPSA) is 99.4 Å². The first-order valence-electron chi connectivity index (χ1n) is 9.67. The lowest BCUT2D eigenvalue weighted by Crippen LogP contribution is -2.30. The van der Waals surface area contributed by atoms with Crippen molar-refractivity contribution in [3.05, 3.63) is 81.9 Å². The standard InChI is InChI=1S/C24H16ClF3N2O4/c1-13-5-20(30-23(33)24(26,27)28)21(10-19(13)25)34-12-15-7-17(9-18(8-15)22(31)32)16-4-2-3-14(6-16)11-29/h2-10H,12H2,1H3,(H,30,33)(H,31,32). The quantitative estimate of drug-likeness (QED) is 0.445. The van der Waals surface area contributed by atoms with Crippen molar-refractivity contribution in [2.75, 3.05) is 5.32 Å². The molecule has 174 valence electrons. The molecule has 0 aliphatic heterocycles. The molecule has 34 heavy (non-hydrogen) atoms. The molecule has 0 aliphatic rings. The fourth-order valence-electron chi connectivity index (χ4n) is 3.07. The van der Waals surface area contributed by atoms with Crippen LogP contribution in [0.25, 0.3) is 11.1 Å². The van der Waals surface area contributed by atoms with Crippen molar-refractivity contribution < 1.29 is 32.6 Å². The lowest BCUT2D eigenvalue weighted by Gasteiger charge is -2.16. The van der Waals surface area contributed by atoms with E-state index >= 15 is 0 Å². The molecule has 10 heteroatoms. The summed E-state index contributed by atoms with van der Waals surface area (Å²) in [6.07, 6.45) is -5.10. The summed E-state index contributed by atoms with van der Waals surface area (Å²) in [5, 5.41) is 20.6. The second-order valence-electron chi connectivity index (χ2n) is 7.25. The molecule has 1 amide bonds. The number of anilines is 1. The number of nitrogens with one attached hydrogen (secondary N) is 1. The summed E-state index contributed by atoms with van der Waals surface area (Å²) in [4.78, 5) is 23.0. The molecular weight excluding hydrogens is 473 g/mol. The smallest absolute Gasteiger partial charge is 0.471 e. The molecule has 0 aromatic heterocycles. The van der Waals surface area contributed by atoms with Crippen LogP contribution in [0.1, 0.15) is 27.0 Å². The Hall–Kier alpha value is -4.03. The number of nitrogens with zero attached hydrogens (tertiary/aromatic N) is 1. The minimum Gasteiger partial charge on any atom is -0.487 e. The van der Waals surface area contributed by atoms with Gasteiger partial charge in [-0.15, -0.1) is 0 Å². The van der Waals surface area contributed by atoms with Gasteiger partial charge in [-0.3, -0.25) is 4.79 Å². The molecular formula is C24H16ClF3N2O4. The Balaban J connectivity index is 1.95. The van der Waals surface area contributed by atoms with Gasteiger partial charge in [-0.1, -0.05) is 23.7 Å². The van der Waals surface area contributed by atoms with Gasteiger partial charge >= 0.3 is 18.1 Å². The molecule has 3 aromatic carbocycles. The van der Waals surface area contributed by atoms with E-state index in [1.165, 1.54) is 24.3 Å². The predicted molar refractivity (Wildman–Crippen MR) is 119 cm³/mol. The Kier molecular flexibility index (Phi) is 7.13. The van der Waals surface area contributed by atoms with Crippen LogP contribution in [0.5, 0.6) is 5.75 Å². The summed E-state index contributed by atoms with van der Waals surface area (Å²) < 4.78 is 43.8. The van der Waals surface area contributed by atoms with Crippen LogP contribution in [-0.2, 0) is 11.4 Å². The molecule has 0 saturated heterocycles. The van der Waals surface area contributed by atoms with E-state index in [4.69, 9.17) is 21.6 Å². The highest BCUT2D eigenvalue weighted by Gasteiger charge is 2.39. The largest absolute Gasteiger partial charge is 0.487 e. The Morgan fingerprint density at radius 3 is 2.50 bits per heavy atom. The maximum atomic E-state index is 12.7. The Bertz CT molecular complexity index is 1320. The monoisotopic (exact) mass is 488 g/mol. The second kappa shape index (κ2) is 9.85. The van der Waals surface area contributed by atoms with E-state index in [0.717, 1.165) is 0 Å². The summed E-state index contributed by atoms with van der Waals surface area (Å²) in [7, 11) is 0. The van der Waals surface area contributed by atoms with Crippen LogP contribution in [0.4, 0.5) is 18.9 Å². The zero-order valence-electron chi connectivity index (χ0n) is 17.5. The van der Waals surface area contributed by atoms with Gasteiger partial charge in [-0.25, -0.2) is 4.79 Å². The number of hydrogen-bond acceptors (Lipinski definition) is 4. The maximum Gasteiger partial charge on any atom is 0.471 e. The van der Waals surface area contributed by atoms with Gasteiger partial charge in [-0.2, -0.15) is 18.4 Å². The van der Waals surface area contributed by atoms with Crippen LogP contribution >= 0.6 is 11.6 Å². The third kappa shape index (κ3) is 5.85. The molecule has 0 spiro atoms. The summed E-state index contributed by atoms with van der Waals surface area (Å²) in [6.45, 7) is 1.31. The average molecular weight is 489 g/mol. The number of hydrogen-bond donors (Lipinski definition) is 2. The van der Waals surface area contributed by atoms with Gasteiger partial charge in [-0.05, 0) is 65.6 Å². The molecule has 0 radical (unpaired) electrons. The third-order valence-corrected chi connectivity index (χ3v) is 5.13. The van der Waals surface area contributed by atoms with Crippen LogP contribution in [0, 0.1) is 18.3 Å². The lowest BCUT2D eigenvalue weighted by molar-refractivity contribution is -0.167. The number of ether oxygens (including phenoxy) is 1. The number of carboxylic acid groups (broad SMARTS) is 1. The number of rotatable bonds is 6. The fourth-order valence-corrected chi connectivity index (χ4v) is 3.22.